The molecule has 0 aromatic heterocycles. The number of halogens is 1. The fourth-order valence-corrected chi connectivity index (χ4v) is 4.96. The molecule has 1 aliphatic heterocycles. The van der Waals surface area contributed by atoms with Gasteiger partial charge in [-0.2, -0.15) is 0 Å². The molecule has 9 nitrogen and oxygen atoms in total. The van der Waals surface area contributed by atoms with E-state index in [2.05, 4.69) is 5.32 Å². The fourth-order valence-electron chi connectivity index (χ4n) is 3.88. The van der Waals surface area contributed by atoms with Gasteiger partial charge in [0.25, 0.3) is 0 Å². The largest absolute Gasteiger partial charge is 0.454 e. The van der Waals surface area contributed by atoms with E-state index in [1.54, 1.807) is 37.3 Å². The Bertz CT molecular complexity index is 1210. The highest BCUT2D eigenvalue weighted by molar-refractivity contribution is 7.92. The van der Waals surface area contributed by atoms with E-state index in [1.807, 2.05) is 26.0 Å². The smallest absolute Gasteiger partial charge is 0.242 e. The Balaban J connectivity index is 1.72. The average Bonchev–Trinajstić information content (AvgIpc) is 3.32. The lowest BCUT2D eigenvalue weighted by atomic mass is 10.1. The summed E-state index contributed by atoms with van der Waals surface area (Å²) in [6, 6.07) is 11.3. The molecular formula is C26H34ClN3O6S. The van der Waals surface area contributed by atoms with Crippen LogP contribution in [0.4, 0.5) is 5.69 Å². The second-order valence-electron chi connectivity index (χ2n) is 9.12. The monoisotopic (exact) mass is 551 g/mol. The van der Waals surface area contributed by atoms with E-state index in [9.17, 15) is 18.0 Å². The first-order valence-electron chi connectivity index (χ1n) is 12.2. The molecule has 0 aliphatic carbocycles. The Morgan fingerprint density at radius 1 is 1.08 bits per heavy atom. The summed E-state index contributed by atoms with van der Waals surface area (Å²) in [7, 11) is -3.62. The van der Waals surface area contributed by atoms with E-state index in [0.717, 1.165) is 18.2 Å². The number of rotatable bonds is 12. The molecule has 2 atom stereocenters. The second kappa shape index (κ2) is 12.5. The third-order valence-electron chi connectivity index (χ3n) is 6.23. The average molecular weight is 552 g/mol. The van der Waals surface area contributed by atoms with E-state index in [0.29, 0.717) is 22.2 Å². The van der Waals surface area contributed by atoms with Gasteiger partial charge in [0.05, 0.1) is 11.9 Å². The maximum absolute atomic E-state index is 13.4. The minimum absolute atomic E-state index is 0.0209. The number of hydrogen-bond donors (Lipinski definition) is 1. The summed E-state index contributed by atoms with van der Waals surface area (Å²) in [4.78, 5) is 27.7. The van der Waals surface area contributed by atoms with Crippen molar-refractivity contribution in [1.29, 1.82) is 0 Å². The number of carbonyl (C=O) groups is 2. The maximum Gasteiger partial charge on any atom is 0.242 e. The molecule has 2 aromatic carbocycles. The van der Waals surface area contributed by atoms with Gasteiger partial charge in [-0.05, 0) is 56.5 Å². The van der Waals surface area contributed by atoms with Gasteiger partial charge in [-0.25, -0.2) is 8.42 Å². The minimum Gasteiger partial charge on any atom is -0.454 e. The molecule has 202 valence electrons. The number of nitrogens with one attached hydrogen (secondary N) is 1. The van der Waals surface area contributed by atoms with Crippen LogP contribution in [0.1, 0.15) is 45.6 Å². The molecule has 1 N–H and O–H groups in total. The van der Waals surface area contributed by atoms with Crippen LogP contribution < -0.4 is 19.1 Å². The number of amides is 2. The van der Waals surface area contributed by atoms with Gasteiger partial charge in [0.2, 0.25) is 28.6 Å². The molecule has 0 fully saturated rings. The zero-order valence-corrected chi connectivity index (χ0v) is 23.1. The molecule has 37 heavy (non-hydrogen) atoms. The van der Waals surface area contributed by atoms with Crippen LogP contribution in [-0.4, -0.2) is 56.8 Å². The summed E-state index contributed by atoms with van der Waals surface area (Å²) in [5.74, 6) is 0.531. The van der Waals surface area contributed by atoms with E-state index < -0.39 is 16.1 Å². The summed E-state index contributed by atoms with van der Waals surface area (Å²) in [5.41, 5.74) is 1.26. The van der Waals surface area contributed by atoms with E-state index in [4.69, 9.17) is 21.1 Å². The Labute approximate surface area is 223 Å². The molecule has 3 rings (SSSR count). The van der Waals surface area contributed by atoms with Crippen molar-refractivity contribution in [3.8, 4) is 11.5 Å². The first-order chi connectivity index (χ1) is 17.5. The molecule has 0 unspecified atom stereocenters. The standard InChI is InChI=1S/C26H34ClN3O6S/c1-5-18(2)28-26(32)19(3)29(16-20-8-10-21(27)11-9-20)25(31)7-6-14-30(37(4,33)34)22-12-13-23-24(15-22)36-17-35-23/h8-13,15,18-19H,5-7,14,16-17H2,1-4H3,(H,28,32)/t18-,19+/m0/s1. The molecule has 0 bridgehead atoms. The number of benzene rings is 2. The van der Waals surface area contributed by atoms with E-state index in [1.165, 1.54) is 9.21 Å². The summed E-state index contributed by atoms with van der Waals surface area (Å²) in [6.07, 6.45) is 2.21. The lowest BCUT2D eigenvalue weighted by molar-refractivity contribution is -0.140. The number of hydrogen-bond acceptors (Lipinski definition) is 6. The van der Waals surface area contributed by atoms with Gasteiger partial charge in [0.15, 0.2) is 11.5 Å². The van der Waals surface area contributed by atoms with Crippen molar-refractivity contribution in [3.05, 3.63) is 53.1 Å². The number of ether oxygens (including phenoxy) is 2. The lowest BCUT2D eigenvalue weighted by Crippen LogP contribution is -2.49. The van der Waals surface area contributed by atoms with Gasteiger partial charge >= 0.3 is 0 Å². The third-order valence-corrected chi connectivity index (χ3v) is 7.68. The number of sulfonamides is 1. The van der Waals surface area contributed by atoms with Crippen LogP contribution in [0, 0.1) is 0 Å². The SMILES string of the molecule is CC[C@H](C)NC(=O)[C@@H](C)N(Cc1ccc(Cl)cc1)C(=O)CCCN(c1ccc2c(c1)OCO2)S(C)(=O)=O. The van der Waals surface area contributed by atoms with Gasteiger partial charge in [-0.15, -0.1) is 0 Å². The molecule has 1 heterocycles. The number of nitrogens with zero attached hydrogens (tertiary/aromatic N) is 2. The topological polar surface area (TPSA) is 105 Å². The lowest BCUT2D eigenvalue weighted by Gasteiger charge is -2.30. The van der Waals surface area contributed by atoms with Crippen LogP contribution >= 0.6 is 11.6 Å². The highest BCUT2D eigenvalue weighted by Crippen LogP contribution is 2.36. The first-order valence-corrected chi connectivity index (χ1v) is 14.4. The zero-order chi connectivity index (χ0) is 27.2. The highest BCUT2D eigenvalue weighted by atomic mass is 35.5. The van der Waals surface area contributed by atoms with Crippen LogP contribution in [0.3, 0.4) is 0 Å². The van der Waals surface area contributed by atoms with Crippen LogP contribution in [0.5, 0.6) is 11.5 Å². The molecule has 0 radical (unpaired) electrons. The minimum atomic E-state index is -3.62. The fraction of sp³-hybridized carbons (Fsp3) is 0.462. The van der Waals surface area contributed by atoms with Crippen molar-refractivity contribution in [2.24, 2.45) is 0 Å². The number of carbonyl (C=O) groups excluding carboxylic acids is 2. The van der Waals surface area contributed by atoms with Gasteiger partial charge in [-0.3, -0.25) is 13.9 Å². The molecular weight excluding hydrogens is 518 g/mol. The molecule has 2 aromatic rings. The Kier molecular flexibility index (Phi) is 9.67. The first kappa shape index (κ1) is 28.6. The van der Waals surface area contributed by atoms with Crippen LogP contribution in [-0.2, 0) is 26.2 Å². The van der Waals surface area contributed by atoms with Crippen molar-refractivity contribution in [3.63, 3.8) is 0 Å². The number of fused-ring (bicyclic) bond motifs is 1. The quantitative estimate of drug-likeness (QED) is 0.428. The second-order valence-corrected chi connectivity index (χ2v) is 11.5. The van der Waals surface area contributed by atoms with Gasteiger partial charge in [-0.1, -0.05) is 30.7 Å². The molecule has 0 spiro atoms. The van der Waals surface area contributed by atoms with Crippen molar-refractivity contribution in [2.75, 3.05) is 23.9 Å². The number of anilines is 1. The van der Waals surface area contributed by atoms with E-state index >= 15 is 0 Å². The normalized spacial score (nSPS) is 14.1. The highest BCUT2D eigenvalue weighted by Gasteiger charge is 2.27. The predicted octanol–water partition coefficient (Wildman–Crippen LogP) is 3.95. The molecule has 0 saturated heterocycles. The summed E-state index contributed by atoms with van der Waals surface area (Å²) in [6.45, 7) is 5.97. The van der Waals surface area contributed by atoms with Gasteiger partial charge in [0, 0.05) is 36.6 Å². The summed E-state index contributed by atoms with van der Waals surface area (Å²) >= 11 is 6.00. The predicted molar refractivity (Wildman–Crippen MR) is 143 cm³/mol. The Morgan fingerprint density at radius 3 is 2.41 bits per heavy atom. The van der Waals surface area contributed by atoms with E-state index in [-0.39, 0.29) is 50.6 Å². The summed E-state index contributed by atoms with van der Waals surface area (Å²) in [5, 5.41) is 3.51. The molecule has 2 amide bonds. The molecule has 0 saturated carbocycles. The summed E-state index contributed by atoms with van der Waals surface area (Å²) < 4.78 is 37.0. The molecule has 1 aliphatic rings. The van der Waals surface area contributed by atoms with Crippen LogP contribution in [0.2, 0.25) is 5.02 Å². The maximum atomic E-state index is 13.4. The zero-order valence-electron chi connectivity index (χ0n) is 21.6. The van der Waals surface area contributed by atoms with Crippen molar-refractivity contribution in [2.45, 2.75) is 58.7 Å². The van der Waals surface area contributed by atoms with Crippen LogP contribution in [0.15, 0.2) is 42.5 Å². The molecule has 11 heteroatoms. The Morgan fingerprint density at radius 2 is 1.76 bits per heavy atom. The van der Waals surface area contributed by atoms with Crippen LogP contribution in [0.25, 0.3) is 0 Å². The van der Waals surface area contributed by atoms with Crippen molar-refractivity contribution in [1.82, 2.24) is 10.2 Å². The van der Waals surface area contributed by atoms with Gasteiger partial charge < -0.3 is 19.7 Å². The van der Waals surface area contributed by atoms with Gasteiger partial charge in [0.1, 0.15) is 6.04 Å². The van der Waals surface area contributed by atoms with Crippen molar-refractivity contribution >= 4 is 39.1 Å². The Hall–Kier alpha value is -2.98. The van der Waals surface area contributed by atoms with Crippen molar-refractivity contribution < 1.29 is 27.5 Å². The third kappa shape index (κ3) is 7.75.